The first-order valence-corrected chi connectivity index (χ1v) is 12.4. The number of benzene rings is 2. The van der Waals surface area contributed by atoms with E-state index in [-0.39, 0.29) is 40.0 Å². The molecular formula is C23H16F6N6O4S. The zero-order valence-electron chi connectivity index (χ0n) is 19.6. The van der Waals surface area contributed by atoms with Gasteiger partial charge < -0.3 is 15.8 Å². The minimum absolute atomic E-state index is 0.00578. The van der Waals surface area contributed by atoms with E-state index in [0.29, 0.717) is 0 Å². The Morgan fingerprint density at radius 1 is 1.05 bits per heavy atom. The number of pyridine rings is 1. The monoisotopic (exact) mass is 586 g/mol. The number of halogens is 6. The van der Waals surface area contributed by atoms with Crippen LogP contribution >= 0.6 is 0 Å². The number of H-pyrrole nitrogens is 1. The van der Waals surface area contributed by atoms with Crippen molar-refractivity contribution in [1.29, 1.82) is 0 Å². The van der Waals surface area contributed by atoms with Crippen LogP contribution in [-0.4, -0.2) is 35.3 Å². The first-order valence-electron chi connectivity index (χ1n) is 10.8. The lowest BCUT2D eigenvalue weighted by Gasteiger charge is -2.15. The number of primary amides is 1. The SMILES string of the molecule is NC(=O)c1c(Nc2cccc(C(F)(F)F)n2)n[nH]c1-c1ccc(NS(=O)(=O)C(F)F)c(Oc2ccc(F)cc2)c1. The Bertz CT molecular complexity index is 1660. The summed E-state index contributed by atoms with van der Waals surface area (Å²) in [7, 11) is -5.13. The summed E-state index contributed by atoms with van der Waals surface area (Å²) in [5.74, 6) is -6.41. The molecule has 1 amide bonds. The average molecular weight is 586 g/mol. The number of carbonyl (C=O) groups is 1. The topological polar surface area (TPSA) is 152 Å². The second kappa shape index (κ2) is 10.8. The van der Waals surface area contributed by atoms with Crippen molar-refractivity contribution in [2.75, 3.05) is 10.0 Å². The Kier molecular flexibility index (Phi) is 7.59. The predicted molar refractivity (Wildman–Crippen MR) is 130 cm³/mol. The molecule has 0 spiro atoms. The van der Waals surface area contributed by atoms with Gasteiger partial charge in [-0.25, -0.2) is 17.8 Å². The van der Waals surface area contributed by atoms with Crippen molar-refractivity contribution in [2.24, 2.45) is 5.73 Å². The molecule has 0 unspecified atom stereocenters. The Morgan fingerprint density at radius 3 is 2.38 bits per heavy atom. The lowest BCUT2D eigenvalue weighted by Crippen LogP contribution is -2.20. The molecule has 0 atom stereocenters. The van der Waals surface area contributed by atoms with Crippen LogP contribution in [-0.2, 0) is 16.2 Å². The molecule has 0 fully saturated rings. The second-order valence-corrected chi connectivity index (χ2v) is 9.54. The van der Waals surface area contributed by atoms with Crippen LogP contribution in [0.15, 0.2) is 60.7 Å². The van der Waals surface area contributed by atoms with Gasteiger partial charge >= 0.3 is 11.9 Å². The summed E-state index contributed by atoms with van der Waals surface area (Å²) in [6, 6.07) is 10.8. The number of nitrogens with two attached hydrogens (primary N) is 1. The number of rotatable bonds is 9. The number of carbonyl (C=O) groups excluding carboxylic acids is 1. The molecule has 0 saturated heterocycles. The van der Waals surface area contributed by atoms with Crippen LogP contribution in [0.25, 0.3) is 11.3 Å². The van der Waals surface area contributed by atoms with E-state index in [2.05, 4.69) is 20.5 Å². The minimum Gasteiger partial charge on any atom is -0.455 e. The van der Waals surface area contributed by atoms with Gasteiger partial charge in [0.05, 0.1) is 11.4 Å². The summed E-state index contributed by atoms with van der Waals surface area (Å²) in [5, 5.41) is 8.85. The second-order valence-electron chi connectivity index (χ2n) is 7.89. The molecule has 40 heavy (non-hydrogen) atoms. The third-order valence-corrected chi connectivity index (χ3v) is 6.07. The molecule has 210 valence electrons. The molecule has 0 bridgehead atoms. The molecule has 2 aromatic carbocycles. The minimum atomic E-state index is -5.13. The van der Waals surface area contributed by atoms with Gasteiger partial charge in [-0.2, -0.15) is 27.1 Å². The first kappa shape index (κ1) is 28.2. The highest BCUT2D eigenvalue weighted by Gasteiger charge is 2.33. The number of alkyl halides is 5. The lowest BCUT2D eigenvalue weighted by molar-refractivity contribution is -0.141. The molecule has 4 rings (SSSR count). The van der Waals surface area contributed by atoms with Gasteiger partial charge in [0.2, 0.25) is 0 Å². The Labute approximate surface area is 221 Å². The molecule has 0 aliphatic heterocycles. The van der Waals surface area contributed by atoms with Crippen LogP contribution in [0.2, 0.25) is 0 Å². The van der Waals surface area contributed by atoms with Gasteiger partial charge in [0, 0.05) is 5.56 Å². The smallest absolute Gasteiger partial charge is 0.433 e. The summed E-state index contributed by atoms with van der Waals surface area (Å²) in [5.41, 5.74) is 3.51. The van der Waals surface area contributed by atoms with Crippen LogP contribution in [0.5, 0.6) is 11.5 Å². The average Bonchev–Trinajstić information content (AvgIpc) is 3.29. The van der Waals surface area contributed by atoms with Crippen molar-refractivity contribution in [3.8, 4) is 22.8 Å². The van der Waals surface area contributed by atoms with E-state index >= 15 is 0 Å². The number of nitrogens with zero attached hydrogens (tertiary/aromatic N) is 2. The van der Waals surface area contributed by atoms with Crippen LogP contribution in [0, 0.1) is 5.82 Å². The van der Waals surface area contributed by atoms with Gasteiger partial charge in [-0.15, -0.1) is 0 Å². The van der Waals surface area contributed by atoms with Crippen molar-refractivity contribution in [2.45, 2.75) is 11.9 Å². The third kappa shape index (κ3) is 6.25. The molecule has 5 N–H and O–H groups in total. The van der Waals surface area contributed by atoms with E-state index in [9.17, 15) is 39.6 Å². The molecule has 0 saturated carbocycles. The molecule has 2 aromatic heterocycles. The number of sulfonamides is 1. The van der Waals surface area contributed by atoms with Crippen molar-refractivity contribution in [1.82, 2.24) is 15.2 Å². The lowest BCUT2D eigenvalue weighted by atomic mass is 10.1. The number of ether oxygens (including phenoxy) is 1. The summed E-state index contributed by atoms with van der Waals surface area (Å²) < 4.78 is 109. The zero-order valence-corrected chi connectivity index (χ0v) is 20.4. The zero-order chi connectivity index (χ0) is 29.2. The third-order valence-electron chi connectivity index (χ3n) is 5.10. The van der Waals surface area contributed by atoms with Gasteiger partial charge in [0.1, 0.15) is 28.6 Å². The van der Waals surface area contributed by atoms with Crippen LogP contribution in [0.1, 0.15) is 16.1 Å². The summed E-state index contributed by atoms with van der Waals surface area (Å²) in [6.45, 7) is 0. The molecule has 4 aromatic rings. The number of aromatic nitrogens is 3. The van der Waals surface area contributed by atoms with Gasteiger partial charge in [0.15, 0.2) is 11.6 Å². The maximum Gasteiger partial charge on any atom is 0.433 e. The number of anilines is 3. The highest BCUT2D eigenvalue weighted by Crippen LogP contribution is 2.37. The fourth-order valence-electron chi connectivity index (χ4n) is 3.34. The van der Waals surface area contributed by atoms with Crippen molar-refractivity contribution >= 4 is 33.3 Å². The van der Waals surface area contributed by atoms with Crippen molar-refractivity contribution in [3.05, 3.63) is 77.7 Å². The number of amides is 1. The highest BCUT2D eigenvalue weighted by atomic mass is 32.2. The van der Waals surface area contributed by atoms with Crippen LogP contribution in [0.3, 0.4) is 0 Å². The highest BCUT2D eigenvalue weighted by molar-refractivity contribution is 7.93. The van der Waals surface area contributed by atoms with Gasteiger partial charge in [-0.3, -0.25) is 14.6 Å². The molecule has 10 nitrogen and oxygen atoms in total. The van der Waals surface area contributed by atoms with Gasteiger partial charge in [-0.1, -0.05) is 12.1 Å². The largest absolute Gasteiger partial charge is 0.455 e. The van der Waals surface area contributed by atoms with Crippen molar-refractivity contribution in [3.63, 3.8) is 0 Å². The predicted octanol–water partition coefficient (Wildman–Crippen LogP) is 5.23. The summed E-state index contributed by atoms with van der Waals surface area (Å²) in [4.78, 5) is 15.7. The first-order chi connectivity index (χ1) is 18.7. The molecule has 0 aliphatic carbocycles. The molecule has 0 aliphatic rings. The van der Waals surface area contributed by atoms with E-state index in [0.717, 1.165) is 36.4 Å². The van der Waals surface area contributed by atoms with Gasteiger partial charge in [-0.05, 0) is 48.5 Å². The normalized spacial score (nSPS) is 11.9. The maximum atomic E-state index is 13.3. The fourth-order valence-corrected chi connectivity index (χ4v) is 3.90. The maximum absolute atomic E-state index is 13.3. The van der Waals surface area contributed by atoms with E-state index in [1.807, 2.05) is 0 Å². The summed E-state index contributed by atoms with van der Waals surface area (Å²) in [6.07, 6.45) is -4.74. The Hall–Kier alpha value is -4.80. The number of hydrogen-bond donors (Lipinski definition) is 4. The fraction of sp³-hybridized carbons (Fsp3) is 0.0870. The number of nitrogens with one attached hydrogen (secondary N) is 3. The molecule has 17 heteroatoms. The molecule has 2 heterocycles. The van der Waals surface area contributed by atoms with E-state index < -0.39 is 45.1 Å². The number of aromatic amines is 1. The quantitative estimate of drug-likeness (QED) is 0.196. The standard InChI is InChI=1S/C23H16F6N6O4S/c24-12-5-7-13(8-6-12)39-15-10-11(4-9-14(15)35-40(37,38)22(25)26)19-18(20(30)36)21(34-33-19)32-17-3-1-2-16(31-17)23(27,28)29/h1-10,22,35H,(H2,30,36)(H2,31,32,33,34). The van der Waals surface area contributed by atoms with Crippen molar-refractivity contribution < 1.29 is 44.3 Å². The Balaban J connectivity index is 1.76. The molecule has 0 radical (unpaired) electrons. The van der Waals surface area contributed by atoms with Crippen LogP contribution in [0.4, 0.5) is 43.7 Å². The summed E-state index contributed by atoms with van der Waals surface area (Å²) >= 11 is 0. The van der Waals surface area contributed by atoms with Crippen LogP contribution < -0.4 is 20.5 Å². The Morgan fingerprint density at radius 2 is 1.75 bits per heavy atom. The van der Waals surface area contributed by atoms with E-state index in [1.165, 1.54) is 24.3 Å². The van der Waals surface area contributed by atoms with Gasteiger partial charge in [0.25, 0.3) is 15.9 Å². The number of hydrogen-bond acceptors (Lipinski definition) is 7. The van der Waals surface area contributed by atoms with E-state index in [4.69, 9.17) is 10.5 Å². The molecular weight excluding hydrogens is 570 g/mol. The van der Waals surface area contributed by atoms with E-state index in [1.54, 1.807) is 4.72 Å².